The van der Waals surface area contributed by atoms with Gasteiger partial charge in [-0.15, -0.1) is 11.3 Å². The molecular weight excluding hydrogens is 290 g/mol. The van der Waals surface area contributed by atoms with Crippen molar-refractivity contribution in [3.05, 3.63) is 4.88 Å². The molecule has 21 heavy (non-hydrogen) atoms. The molecule has 1 saturated heterocycles. The zero-order valence-electron chi connectivity index (χ0n) is 12.5. The summed E-state index contributed by atoms with van der Waals surface area (Å²) in [5, 5.41) is 6.91. The van der Waals surface area contributed by atoms with Crippen molar-refractivity contribution in [3.8, 4) is 5.75 Å². The highest BCUT2D eigenvalue weighted by Crippen LogP contribution is 2.42. The fourth-order valence-corrected chi connectivity index (χ4v) is 3.26. The van der Waals surface area contributed by atoms with E-state index in [2.05, 4.69) is 10.6 Å². The van der Waals surface area contributed by atoms with Crippen LogP contribution in [0.15, 0.2) is 0 Å². The smallest absolute Gasteiger partial charge is 0.263 e. The molecule has 1 aromatic rings. The standard InChI is InChI=1S/C14H23N3O3S/c1-3-6-16-13(18)12-10(15)11(19-2)14(21-12)17-8-9-5-4-7-20-9/h9,17H,3-8,15H2,1-2H3,(H,16,18). The van der Waals surface area contributed by atoms with Crippen LogP contribution < -0.4 is 21.1 Å². The molecule has 2 heterocycles. The molecule has 1 unspecified atom stereocenters. The summed E-state index contributed by atoms with van der Waals surface area (Å²) in [7, 11) is 1.56. The van der Waals surface area contributed by atoms with E-state index in [1.165, 1.54) is 11.3 Å². The lowest BCUT2D eigenvalue weighted by Crippen LogP contribution is -2.23. The molecule has 2 rings (SSSR count). The summed E-state index contributed by atoms with van der Waals surface area (Å²) in [4.78, 5) is 12.6. The number of carbonyl (C=O) groups is 1. The number of nitrogens with two attached hydrogens (primary N) is 1. The van der Waals surface area contributed by atoms with E-state index in [1.54, 1.807) is 7.11 Å². The largest absolute Gasteiger partial charge is 0.492 e. The van der Waals surface area contributed by atoms with Crippen molar-refractivity contribution in [2.24, 2.45) is 0 Å². The van der Waals surface area contributed by atoms with Crippen molar-refractivity contribution < 1.29 is 14.3 Å². The summed E-state index contributed by atoms with van der Waals surface area (Å²) in [6.07, 6.45) is 3.26. The lowest BCUT2D eigenvalue weighted by atomic mass is 10.2. The first-order chi connectivity index (χ1) is 10.2. The molecule has 0 aromatic carbocycles. The van der Waals surface area contributed by atoms with Gasteiger partial charge < -0.3 is 25.8 Å². The summed E-state index contributed by atoms with van der Waals surface area (Å²) < 4.78 is 10.9. The van der Waals surface area contributed by atoms with Crippen LogP contribution in [0.25, 0.3) is 0 Å². The first kappa shape index (κ1) is 15.9. The highest BCUT2D eigenvalue weighted by atomic mass is 32.1. The van der Waals surface area contributed by atoms with Gasteiger partial charge in [-0.1, -0.05) is 6.92 Å². The summed E-state index contributed by atoms with van der Waals surface area (Å²) in [6, 6.07) is 0. The van der Waals surface area contributed by atoms with E-state index in [-0.39, 0.29) is 12.0 Å². The summed E-state index contributed by atoms with van der Waals surface area (Å²) in [5.41, 5.74) is 6.42. The number of hydrogen-bond acceptors (Lipinski definition) is 6. The maximum absolute atomic E-state index is 12.1. The third-order valence-electron chi connectivity index (χ3n) is 3.36. The Kier molecular flexibility index (Phi) is 5.69. The van der Waals surface area contributed by atoms with Crippen LogP contribution in [0.1, 0.15) is 35.9 Å². The highest BCUT2D eigenvalue weighted by molar-refractivity contribution is 7.19. The predicted octanol–water partition coefficient (Wildman–Crippen LogP) is 2.07. The van der Waals surface area contributed by atoms with E-state index in [0.29, 0.717) is 29.4 Å². The van der Waals surface area contributed by atoms with Crippen LogP contribution in [0.2, 0.25) is 0 Å². The molecule has 1 atom stereocenters. The third kappa shape index (κ3) is 3.79. The minimum atomic E-state index is -0.150. The Hall–Kier alpha value is -1.47. The minimum absolute atomic E-state index is 0.150. The van der Waals surface area contributed by atoms with Crippen molar-refractivity contribution in [1.82, 2.24) is 5.32 Å². The van der Waals surface area contributed by atoms with Crippen LogP contribution in [0, 0.1) is 0 Å². The molecule has 7 heteroatoms. The molecular formula is C14H23N3O3S. The van der Waals surface area contributed by atoms with Gasteiger partial charge >= 0.3 is 0 Å². The van der Waals surface area contributed by atoms with Gasteiger partial charge in [-0.05, 0) is 19.3 Å². The van der Waals surface area contributed by atoms with Crippen LogP contribution in [-0.2, 0) is 4.74 Å². The van der Waals surface area contributed by atoms with Gasteiger partial charge in [0.1, 0.15) is 15.6 Å². The Balaban J connectivity index is 2.07. The summed E-state index contributed by atoms with van der Waals surface area (Å²) >= 11 is 1.32. The molecule has 118 valence electrons. The summed E-state index contributed by atoms with van der Waals surface area (Å²) in [5.74, 6) is 0.391. The molecule has 1 fully saturated rings. The number of nitrogens with one attached hydrogen (secondary N) is 2. The number of methoxy groups -OCH3 is 1. The maximum Gasteiger partial charge on any atom is 0.263 e. The summed E-state index contributed by atoms with van der Waals surface area (Å²) in [6.45, 7) is 4.16. The van der Waals surface area contributed by atoms with Crippen LogP contribution >= 0.6 is 11.3 Å². The second-order valence-electron chi connectivity index (χ2n) is 4.98. The number of hydrogen-bond donors (Lipinski definition) is 3. The minimum Gasteiger partial charge on any atom is -0.492 e. The number of nitrogen functional groups attached to an aromatic ring is 1. The predicted molar refractivity (Wildman–Crippen MR) is 85.4 cm³/mol. The van der Waals surface area contributed by atoms with Gasteiger partial charge in [0, 0.05) is 19.7 Å². The fourth-order valence-electron chi connectivity index (χ4n) is 2.25. The Bertz CT molecular complexity index is 484. The van der Waals surface area contributed by atoms with Crippen molar-refractivity contribution in [2.45, 2.75) is 32.3 Å². The molecule has 1 amide bonds. The van der Waals surface area contributed by atoms with E-state index in [1.807, 2.05) is 6.92 Å². The molecule has 0 radical (unpaired) electrons. The average molecular weight is 313 g/mol. The normalized spacial score (nSPS) is 17.7. The van der Waals surface area contributed by atoms with Crippen LogP contribution in [-0.4, -0.2) is 38.8 Å². The Morgan fingerprint density at radius 2 is 2.38 bits per heavy atom. The molecule has 0 bridgehead atoms. The number of amides is 1. The molecule has 1 aromatic heterocycles. The van der Waals surface area contributed by atoms with Gasteiger partial charge in [0.05, 0.1) is 13.2 Å². The quantitative estimate of drug-likeness (QED) is 0.717. The monoisotopic (exact) mass is 313 g/mol. The lowest BCUT2D eigenvalue weighted by Gasteiger charge is -2.11. The number of ether oxygens (including phenoxy) is 2. The van der Waals surface area contributed by atoms with E-state index >= 15 is 0 Å². The molecule has 0 aliphatic carbocycles. The molecule has 6 nitrogen and oxygen atoms in total. The van der Waals surface area contributed by atoms with Crippen molar-refractivity contribution in [1.29, 1.82) is 0 Å². The number of anilines is 2. The number of rotatable bonds is 7. The van der Waals surface area contributed by atoms with E-state index in [0.717, 1.165) is 30.9 Å². The first-order valence-corrected chi connectivity index (χ1v) is 8.09. The van der Waals surface area contributed by atoms with E-state index < -0.39 is 0 Å². The SMILES string of the molecule is CCCNC(=O)c1sc(NCC2CCCO2)c(OC)c1N. The van der Waals surface area contributed by atoms with Gasteiger partial charge in [-0.25, -0.2) is 0 Å². The van der Waals surface area contributed by atoms with Crippen LogP contribution in [0.4, 0.5) is 10.7 Å². The van der Waals surface area contributed by atoms with Gasteiger partial charge in [-0.2, -0.15) is 0 Å². The molecule has 1 aliphatic heterocycles. The van der Waals surface area contributed by atoms with Crippen LogP contribution in [0.3, 0.4) is 0 Å². The first-order valence-electron chi connectivity index (χ1n) is 7.27. The van der Waals surface area contributed by atoms with E-state index in [4.69, 9.17) is 15.2 Å². The highest BCUT2D eigenvalue weighted by Gasteiger charge is 2.23. The average Bonchev–Trinajstić information content (AvgIpc) is 3.10. The number of thiophene rings is 1. The van der Waals surface area contributed by atoms with Crippen molar-refractivity contribution in [3.63, 3.8) is 0 Å². The third-order valence-corrected chi connectivity index (χ3v) is 4.50. The molecule has 0 spiro atoms. The van der Waals surface area contributed by atoms with Gasteiger partial charge in [0.25, 0.3) is 5.91 Å². The Morgan fingerprint density at radius 1 is 1.57 bits per heavy atom. The zero-order chi connectivity index (χ0) is 15.2. The maximum atomic E-state index is 12.1. The Morgan fingerprint density at radius 3 is 3.00 bits per heavy atom. The van der Waals surface area contributed by atoms with Gasteiger partial charge in [-0.3, -0.25) is 4.79 Å². The molecule has 0 saturated carbocycles. The lowest BCUT2D eigenvalue weighted by molar-refractivity contribution is 0.0958. The topological polar surface area (TPSA) is 85.6 Å². The Labute approximate surface area is 129 Å². The molecule has 4 N–H and O–H groups in total. The molecule has 1 aliphatic rings. The fraction of sp³-hybridized carbons (Fsp3) is 0.643. The van der Waals surface area contributed by atoms with Crippen molar-refractivity contribution in [2.75, 3.05) is 37.9 Å². The second kappa shape index (κ2) is 7.51. The van der Waals surface area contributed by atoms with Crippen molar-refractivity contribution >= 4 is 27.9 Å². The van der Waals surface area contributed by atoms with Crippen LogP contribution in [0.5, 0.6) is 5.75 Å². The zero-order valence-corrected chi connectivity index (χ0v) is 13.3. The second-order valence-corrected chi connectivity index (χ2v) is 6.00. The van der Waals surface area contributed by atoms with Gasteiger partial charge in [0.2, 0.25) is 0 Å². The van der Waals surface area contributed by atoms with Gasteiger partial charge in [0.15, 0.2) is 5.75 Å². The van der Waals surface area contributed by atoms with E-state index in [9.17, 15) is 4.79 Å². The number of carbonyl (C=O) groups excluding carboxylic acids is 1.